The molecule has 6 rings (SSSR count). The van der Waals surface area contributed by atoms with Gasteiger partial charge in [-0.1, -0.05) is 91.5 Å². The standard InChI is InChI=1S/C35H29N5/c1-3-11-25(12-4-2)35(26-13-7-5-8-14-26,27-15-9-6-10-16-27)40-33-20-21-37-24-30(33)29-17-18-31(39-34(29)40)32-23-28(36)19-22-38-32/h3-24H,1H2,2H3,(H2,36,38)/b12-4-,25-11+. The summed E-state index contributed by atoms with van der Waals surface area (Å²) in [5.41, 5.74) is 12.5. The highest BCUT2D eigenvalue weighted by Gasteiger charge is 2.41. The van der Waals surface area contributed by atoms with E-state index in [-0.39, 0.29) is 0 Å². The van der Waals surface area contributed by atoms with Crippen LogP contribution in [-0.2, 0) is 5.54 Å². The van der Waals surface area contributed by atoms with Crippen molar-refractivity contribution in [2.45, 2.75) is 12.5 Å². The van der Waals surface area contributed by atoms with Crippen LogP contribution in [0.25, 0.3) is 33.3 Å². The number of anilines is 1. The fourth-order valence-electron chi connectivity index (χ4n) is 5.65. The van der Waals surface area contributed by atoms with Crippen LogP contribution in [0.4, 0.5) is 5.69 Å². The van der Waals surface area contributed by atoms with Crippen molar-refractivity contribution in [3.8, 4) is 11.4 Å². The Morgan fingerprint density at radius 3 is 2.23 bits per heavy atom. The topological polar surface area (TPSA) is 69.6 Å². The van der Waals surface area contributed by atoms with Gasteiger partial charge in [-0.15, -0.1) is 0 Å². The maximum absolute atomic E-state index is 6.12. The Morgan fingerprint density at radius 1 is 0.850 bits per heavy atom. The minimum absolute atomic E-state index is 0.642. The lowest BCUT2D eigenvalue weighted by atomic mass is 9.75. The number of nitrogens with two attached hydrogens (primary N) is 1. The Morgan fingerprint density at radius 2 is 1.57 bits per heavy atom. The van der Waals surface area contributed by atoms with Gasteiger partial charge in [0.2, 0.25) is 0 Å². The van der Waals surface area contributed by atoms with Gasteiger partial charge in [0.05, 0.1) is 16.9 Å². The molecule has 4 heterocycles. The zero-order valence-electron chi connectivity index (χ0n) is 22.3. The summed E-state index contributed by atoms with van der Waals surface area (Å²) in [6, 6.07) is 30.9. The van der Waals surface area contributed by atoms with Gasteiger partial charge in [-0.3, -0.25) is 9.97 Å². The van der Waals surface area contributed by atoms with Crippen molar-refractivity contribution in [2.24, 2.45) is 0 Å². The van der Waals surface area contributed by atoms with E-state index in [1.165, 1.54) is 0 Å². The van der Waals surface area contributed by atoms with Gasteiger partial charge in [0.25, 0.3) is 0 Å². The Labute approximate surface area is 233 Å². The van der Waals surface area contributed by atoms with Crippen LogP contribution in [-0.4, -0.2) is 19.5 Å². The zero-order chi connectivity index (χ0) is 27.5. The summed E-state index contributed by atoms with van der Waals surface area (Å²) in [7, 11) is 0. The number of hydrogen-bond donors (Lipinski definition) is 1. The lowest BCUT2D eigenvalue weighted by Gasteiger charge is -2.39. The second kappa shape index (κ2) is 10.5. The van der Waals surface area contributed by atoms with Gasteiger partial charge in [0.1, 0.15) is 11.2 Å². The van der Waals surface area contributed by atoms with Crippen LogP contribution >= 0.6 is 0 Å². The average molecular weight is 520 g/mol. The third kappa shape index (κ3) is 4.00. The van der Waals surface area contributed by atoms with Crippen LogP contribution in [0.15, 0.2) is 146 Å². The largest absolute Gasteiger partial charge is 0.399 e. The van der Waals surface area contributed by atoms with E-state index in [2.05, 4.69) is 100 Å². The van der Waals surface area contributed by atoms with Gasteiger partial charge in [0.15, 0.2) is 0 Å². The molecule has 6 aromatic rings. The Bertz CT molecular complexity index is 1840. The van der Waals surface area contributed by atoms with E-state index in [1.54, 1.807) is 12.3 Å². The summed E-state index contributed by atoms with van der Waals surface area (Å²) in [5.74, 6) is 0. The Hall–Kier alpha value is -5.29. The molecule has 0 aliphatic rings. The molecule has 0 radical (unpaired) electrons. The van der Waals surface area contributed by atoms with Gasteiger partial charge in [-0.2, -0.15) is 0 Å². The first-order valence-corrected chi connectivity index (χ1v) is 13.2. The first-order valence-electron chi connectivity index (χ1n) is 13.2. The molecule has 0 saturated carbocycles. The van der Waals surface area contributed by atoms with E-state index in [0.29, 0.717) is 5.69 Å². The highest BCUT2D eigenvalue weighted by molar-refractivity contribution is 6.07. The fourth-order valence-corrected chi connectivity index (χ4v) is 5.65. The second-order valence-corrected chi connectivity index (χ2v) is 9.57. The number of pyridine rings is 3. The minimum Gasteiger partial charge on any atom is -0.399 e. The molecule has 0 atom stereocenters. The van der Waals surface area contributed by atoms with Gasteiger partial charge >= 0.3 is 0 Å². The smallest absolute Gasteiger partial charge is 0.143 e. The normalized spacial score (nSPS) is 12.4. The zero-order valence-corrected chi connectivity index (χ0v) is 22.3. The third-order valence-electron chi connectivity index (χ3n) is 7.24. The van der Waals surface area contributed by atoms with Crippen molar-refractivity contribution >= 4 is 27.6 Å². The van der Waals surface area contributed by atoms with Crippen LogP contribution < -0.4 is 5.73 Å². The molecule has 0 spiro atoms. The van der Waals surface area contributed by atoms with Gasteiger partial charge in [0, 0.05) is 35.1 Å². The molecule has 2 aromatic carbocycles. The molecule has 0 aliphatic heterocycles. The first kappa shape index (κ1) is 25.0. The van der Waals surface area contributed by atoms with E-state index in [4.69, 9.17) is 10.7 Å². The molecule has 0 aliphatic carbocycles. The summed E-state index contributed by atoms with van der Waals surface area (Å²) >= 11 is 0. The summed E-state index contributed by atoms with van der Waals surface area (Å²) in [5, 5.41) is 2.03. The average Bonchev–Trinajstić information content (AvgIpc) is 3.33. The number of allylic oxidation sites excluding steroid dienone is 5. The number of fused-ring (bicyclic) bond motifs is 3. The molecule has 5 nitrogen and oxygen atoms in total. The van der Waals surface area contributed by atoms with Crippen molar-refractivity contribution in [1.82, 2.24) is 19.5 Å². The molecular formula is C35H29N5. The van der Waals surface area contributed by atoms with E-state index in [0.717, 1.165) is 50.0 Å². The lowest BCUT2D eigenvalue weighted by Crippen LogP contribution is -2.38. The third-order valence-corrected chi connectivity index (χ3v) is 7.24. The van der Waals surface area contributed by atoms with E-state index >= 15 is 0 Å². The number of nitrogens with zero attached hydrogens (tertiary/aromatic N) is 4. The highest BCUT2D eigenvalue weighted by Crippen LogP contribution is 2.46. The molecule has 0 fully saturated rings. The van der Waals surface area contributed by atoms with Gasteiger partial charge in [-0.25, -0.2) is 4.98 Å². The van der Waals surface area contributed by atoms with Gasteiger partial charge in [-0.05, 0) is 54.0 Å². The number of nitrogen functional groups attached to an aromatic ring is 1. The number of benzene rings is 2. The van der Waals surface area contributed by atoms with Crippen LogP contribution in [0.2, 0.25) is 0 Å². The van der Waals surface area contributed by atoms with Crippen LogP contribution in [0.1, 0.15) is 18.1 Å². The van der Waals surface area contributed by atoms with E-state index in [1.807, 2.05) is 49.7 Å². The highest BCUT2D eigenvalue weighted by atomic mass is 15.1. The fraction of sp³-hybridized carbons (Fsp3) is 0.0571. The molecule has 0 bridgehead atoms. The predicted octanol–water partition coefficient (Wildman–Crippen LogP) is 7.71. The van der Waals surface area contributed by atoms with Crippen molar-refractivity contribution in [2.75, 3.05) is 5.73 Å². The van der Waals surface area contributed by atoms with Crippen LogP contribution in [0.5, 0.6) is 0 Å². The summed E-state index contributed by atoms with van der Waals surface area (Å²) in [6.45, 7) is 6.12. The van der Waals surface area contributed by atoms with Crippen molar-refractivity contribution in [3.63, 3.8) is 0 Å². The number of hydrogen-bond acceptors (Lipinski definition) is 4. The molecule has 0 unspecified atom stereocenters. The number of aromatic nitrogens is 4. The number of rotatable bonds is 7. The van der Waals surface area contributed by atoms with Crippen molar-refractivity contribution < 1.29 is 0 Å². The second-order valence-electron chi connectivity index (χ2n) is 9.57. The SMILES string of the molecule is C=C/C=C(\C=C/C)C(c1ccccc1)(c1ccccc1)n1c2ccncc2c2ccc(-c3cc(N)ccn3)nc21. The Kier molecular flexibility index (Phi) is 6.54. The van der Waals surface area contributed by atoms with Gasteiger partial charge < -0.3 is 10.3 Å². The minimum atomic E-state index is -0.792. The molecular weight excluding hydrogens is 490 g/mol. The van der Waals surface area contributed by atoms with E-state index in [9.17, 15) is 0 Å². The summed E-state index contributed by atoms with van der Waals surface area (Å²) in [4.78, 5) is 14.4. The van der Waals surface area contributed by atoms with Crippen molar-refractivity contribution in [1.29, 1.82) is 0 Å². The summed E-state index contributed by atoms with van der Waals surface area (Å²) in [6.07, 6.45) is 13.6. The molecule has 0 amide bonds. The molecule has 194 valence electrons. The maximum atomic E-state index is 6.12. The molecule has 4 aromatic heterocycles. The summed E-state index contributed by atoms with van der Waals surface area (Å²) < 4.78 is 2.34. The van der Waals surface area contributed by atoms with Crippen LogP contribution in [0, 0.1) is 0 Å². The first-order chi connectivity index (χ1) is 19.7. The molecule has 2 N–H and O–H groups in total. The predicted molar refractivity (Wildman–Crippen MR) is 165 cm³/mol. The molecule has 40 heavy (non-hydrogen) atoms. The lowest BCUT2D eigenvalue weighted by molar-refractivity contribution is 0.544. The van der Waals surface area contributed by atoms with Crippen LogP contribution in [0.3, 0.4) is 0 Å². The maximum Gasteiger partial charge on any atom is 0.143 e. The molecule has 5 heteroatoms. The monoisotopic (exact) mass is 519 g/mol. The van der Waals surface area contributed by atoms with E-state index < -0.39 is 5.54 Å². The quantitative estimate of drug-likeness (QED) is 0.219. The van der Waals surface area contributed by atoms with Crippen molar-refractivity contribution in [3.05, 3.63) is 157 Å². The Balaban J connectivity index is 1.85. The molecule has 0 saturated heterocycles.